The normalized spacial score (nSPS) is 23.6. The first-order chi connectivity index (χ1) is 8.59. The molecule has 0 saturated heterocycles. The number of carbonyl (C=O) groups is 2. The summed E-state index contributed by atoms with van der Waals surface area (Å²) >= 11 is 5.77. The van der Waals surface area contributed by atoms with Gasteiger partial charge in [0.15, 0.2) is 5.78 Å². The molecule has 3 nitrogen and oxygen atoms in total. The highest BCUT2D eigenvalue weighted by Gasteiger charge is 2.32. The number of carbonyl (C=O) groups excluding carboxylic acids is 2. The van der Waals surface area contributed by atoms with Crippen LogP contribution < -0.4 is 5.11 Å². The molecule has 1 saturated carbocycles. The first kappa shape index (κ1) is 13.1. The summed E-state index contributed by atoms with van der Waals surface area (Å²) in [6, 6.07) is 6.58. The summed E-state index contributed by atoms with van der Waals surface area (Å²) in [5, 5.41) is 11.6. The van der Waals surface area contributed by atoms with Crippen LogP contribution in [0.4, 0.5) is 0 Å². The van der Waals surface area contributed by atoms with Crippen LogP contribution in [-0.4, -0.2) is 11.8 Å². The Kier molecular flexibility index (Phi) is 4.02. The van der Waals surface area contributed by atoms with E-state index in [0.717, 1.165) is 12.8 Å². The second-order valence-corrected chi connectivity index (χ2v) is 5.12. The molecule has 1 aliphatic carbocycles. The minimum atomic E-state index is -1.11. The van der Waals surface area contributed by atoms with E-state index in [1.807, 2.05) is 0 Å². The predicted molar refractivity (Wildman–Crippen MR) is 66.2 cm³/mol. The van der Waals surface area contributed by atoms with Crippen LogP contribution >= 0.6 is 11.6 Å². The first-order valence-corrected chi connectivity index (χ1v) is 6.48. The monoisotopic (exact) mass is 265 g/mol. The minimum absolute atomic E-state index is 0.111. The fourth-order valence-electron chi connectivity index (χ4n) is 2.56. The molecule has 2 atom stereocenters. The van der Waals surface area contributed by atoms with Crippen LogP contribution in [0, 0.1) is 11.8 Å². The maximum atomic E-state index is 12.3. The van der Waals surface area contributed by atoms with Crippen molar-refractivity contribution in [2.24, 2.45) is 11.8 Å². The Morgan fingerprint density at radius 3 is 2.17 bits per heavy atom. The molecule has 96 valence electrons. The molecular weight excluding hydrogens is 252 g/mol. The van der Waals surface area contributed by atoms with Crippen molar-refractivity contribution < 1.29 is 14.7 Å². The fraction of sp³-hybridized carbons (Fsp3) is 0.429. The fourth-order valence-corrected chi connectivity index (χ4v) is 2.68. The van der Waals surface area contributed by atoms with Gasteiger partial charge in [-0.15, -0.1) is 0 Å². The Morgan fingerprint density at radius 2 is 1.61 bits per heavy atom. The number of halogens is 1. The van der Waals surface area contributed by atoms with Crippen molar-refractivity contribution in [1.82, 2.24) is 0 Å². The molecule has 0 aliphatic heterocycles. The van der Waals surface area contributed by atoms with Gasteiger partial charge in [0, 0.05) is 28.4 Å². The number of carboxylic acid groups (broad SMARTS) is 1. The van der Waals surface area contributed by atoms with E-state index in [1.165, 1.54) is 0 Å². The standard InChI is InChI=1S/C14H15ClO3/c15-10-7-5-9(6-8-10)13(16)11-3-1-2-4-12(11)14(17)18/h5-8,11-12H,1-4H2,(H,17,18)/p-1/t11-,12-/m1/s1. The second kappa shape index (κ2) is 5.53. The van der Waals surface area contributed by atoms with Crippen molar-refractivity contribution in [2.45, 2.75) is 25.7 Å². The maximum Gasteiger partial charge on any atom is 0.166 e. The zero-order valence-corrected chi connectivity index (χ0v) is 10.7. The molecular formula is C14H14ClO3-. The third-order valence-electron chi connectivity index (χ3n) is 3.53. The maximum absolute atomic E-state index is 12.3. The molecule has 18 heavy (non-hydrogen) atoms. The van der Waals surface area contributed by atoms with E-state index in [0.29, 0.717) is 23.4 Å². The van der Waals surface area contributed by atoms with Gasteiger partial charge in [-0.2, -0.15) is 0 Å². The average Bonchev–Trinajstić information content (AvgIpc) is 2.39. The predicted octanol–water partition coefficient (Wildman–Crippen LogP) is 2.08. The van der Waals surface area contributed by atoms with Crippen molar-refractivity contribution >= 4 is 23.4 Å². The SMILES string of the molecule is O=C([O-])[C@@H]1CCCC[C@H]1C(=O)c1ccc(Cl)cc1. The van der Waals surface area contributed by atoms with E-state index >= 15 is 0 Å². The highest BCUT2D eigenvalue weighted by molar-refractivity contribution is 6.30. The van der Waals surface area contributed by atoms with Gasteiger partial charge >= 0.3 is 0 Å². The Morgan fingerprint density at radius 1 is 1.06 bits per heavy atom. The van der Waals surface area contributed by atoms with Gasteiger partial charge in [0.25, 0.3) is 0 Å². The lowest BCUT2D eigenvalue weighted by molar-refractivity contribution is -0.313. The summed E-state index contributed by atoms with van der Waals surface area (Å²) in [5.41, 5.74) is 0.526. The molecule has 4 heteroatoms. The number of Topliss-reactive ketones (excluding diaryl/α,β-unsaturated/α-hetero) is 1. The van der Waals surface area contributed by atoms with Crippen molar-refractivity contribution in [3.05, 3.63) is 34.9 Å². The molecule has 0 N–H and O–H groups in total. The van der Waals surface area contributed by atoms with Crippen molar-refractivity contribution in [3.8, 4) is 0 Å². The quantitative estimate of drug-likeness (QED) is 0.786. The van der Waals surface area contributed by atoms with Crippen molar-refractivity contribution in [2.75, 3.05) is 0 Å². The number of ketones is 1. The van der Waals surface area contributed by atoms with E-state index in [9.17, 15) is 14.7 Å². The molecule has 1 fully saturated rings. The molecule has 1 aromatic rings. The van der Waals surface area contributed by atoms with Gasteiger partial charge in [0.1, 0.15) is 0 Å². The third-order valence-corrected chi connectivity index (χ3v) is 3.79. The average molecular weight is 266 g/mol. The van der Waals surface area contributed by atoms with E-state index in [-0.39, 0.29) is 5.78 Å². The van der Waals surface area contributed by atoms with Crippen LogP contribution in [0.1, 0.15) is 36.0 Å². The van der Waals surface area contributed by atoms with Gasteiger partial charge < -0.3 is 9.90 Å². The summed E-state index contributed by atoms with van der Waals surface area (Å²) in [5.74, 6) is -2.32. The van der Waals surface area contributed by atoms with E-state index < -0.39 is 17.8 Å². The van der Waals surface area contributed by atoms with Gasteiger partial charge in [0.2, 0.25) is 0 Å². The van der Waals surface area contributed by atoms with Crippen LogP contribution in [0.5, 0.6) is 0 Å². The van der Waals surface area contributed by atoms with Gasteiger partial charge in [-0.1, -0.05) is 24.4 Å². The number of carboxylic acids is 1. The summed E-state index contributed by atoms with van der Waals surface area (Å²) in [7, 11) is 0. The Hall–Kier alpha value is -1.35. The molecule has 0 heterocycles. The van der Waals surface area contributed by atoms with Crippen molar-refractivity contribution in [1.29, 1.82) is 0 Å². The number of hydrogen-bond donors (Lipinski definition) is 0. The number of benzene rings is 1. The minimum Gasteiger partial charge on any atom is -0.550 e. The molecule has 2 rings (SSSR count). The topological polar surface area (TPSA) is 57.2 Å². The van der Waals surface area contributed by atoms with E-state index in [1.54, 1.807) is 24.3 Å². The van der Waals surface area contributed by atoms with Crippen molar-refractivity contribution in [3.63, 3.8) is 0 Å². The Bertz CT molecular complexity index is 453. The number of aliphatic carboxylic acids is 1. The second-order valence-electron chi connectivity index (χ2n) is 4.69. The Balaban J connectivity index is 2.20. The Labute approximate surface area is 111 Å². The molecule has 0 radical (unpaired) electrons. The van der Waals surface area contributed by atoms with Crippen LogP contribution in [0.15, 0.2) is 24.3 Å². The van der Waals surface area contributed by atoms with Gasteiger partial charge in [-0.25, -0.2) is 0 Å². The zero-order chi connectivity index (χ0) is 13.1. The van der Waals surface area contributed by atoms with Crippen LogP contribution in [0.3, 0.4) is 0 Å². The zero-order valence-electron chi connectivity index (χ0n) is 9.90. The molecule has 0 aromatic heterocycles. The smallest absolute Gasteiger partial charge is 0.166 e. The summed E-state index contributed by atoms with van der Waals surface area (Å²) in [4.78, 5) is 23.4. The van der Waals surface area contributed by atoms with Crippen LogP contribution in [0.25, 0.3) is 0 Å². The molecule has 1 aromatic carbocycles. The molecule has 0 bridgehead atoms. The molecule has 1 aliphatic rings. The van der Waals surface area contributed by atoms with Gasteiger partial charge in [-0.05, 0) is 37.1 Å². The number of hydrogen-bond acceptors (Lipinski definition) is 3. The lowest BCUT2D eigenvalue weighted by Crippen LogP contribution is -2.40. The lowest BCUT2D eigenvalue weighted by atomic mass is 9.75. The van der Waals surface area contributed by atoms with Gasteiger partial charge in [-0.3, -0.25) is 4.79 Å². The van der Waals surface area contributed by atoms with E-state index in [2.05, 4.69) is 0 Å². The molecule has 0 spiro atoms. The summed E-state index contributed by atoms with van der Waals surface area (Å²) in [6.07, 6.45) is 2.91. The van der Waals surface area contributed by atoms with Crippen LogP contribution in [-0.2, 0) is 4.79 Å². The molecule has 0 unspecified atom stereocenters. The largest absolute Gasteiger partial charge is 0.550 e. The van der Waals surface area contributed by atoms with Gasteiger partial charge in [0.05, 0.1) is 0 Å². The highest BCUT2D eigenvalue weighted by Crippen LogP contribution is 2.32. The van der Waals surface area contributed by atoms with E-state index in [4.69, 9.17) is 11.6 Å². The highest BCUT2D eigenvalue weighted by atomic mass is 35.5. The summed E-state index contributed by atoms with van der Waals surface area (Å²) in [6.45, 7) is 0. The molecule has 0 amide bonds. The number of rotatable bonds is 3. The lowest BCUT2D eigenvalue weighted by Gasteiger charge is -2.31. The third kappa shape index (κ3) is 2.72. The van der Waals surface area contributed by atoms with Crippen LogP contribution in [0.2, 0.25) is 5.02 Å². The summed E-state index contributed by atoms with van der Waals surface area (Å²) < 4.78 is 0. The first-order valence-electron chi connectivity index (χ1n) is 6.10.